The SMILES string of the molecule is CN(C)C(=O)CN(C)C(=O)C1CCN(c2ccnc3c2c(/C=C2\Oc4ccc(NC(=O)Nc5cccnc5)cc4C2=O)cn3C)CC1. The summed E-state index contributed by atoms with van der Waals surface area (Å²) in [6.07, 6.45) is 9.85. The molecule has 0 radical (unpaired) electrons. The number of piperidine rings is 1. The molecule has 1 aromatic carbocycles. The molecule has 0 aliphatic carbocycles. The van der Waals surface area contributed by atoms with Crippen LogP contribution in [0.5, 0.6) is 5.75 Å². The highest BCUT2D eigenvalue weighted by molar-refractivity contribution is 6.16. The highest BCUT2D eigenvalue weighted by atomic mass is 16.5. The first-order valence-corrected chi connectivity index (χ1v) is 15.3. The van der Waals surface area contributed by atoms with Crippen molar-refractivity contribution in [1.29, 1.82) is 0 Å². The summed E-state index contributed by atoms with van der Waals surface area (Å²) in [5, 5.41) is 6.32. The van der Waals surface area contributed by atoms with Gasteiger partial charge in [0, 0.05) is 88.1 Å². The monoisotopic (exact) mass is 636 g/mol. The van der Waals surface area contributed by atoms with E-state index in [1.54, 1.807) is 69.9 Å². The molecule has 1 saturated heterocycles. The number of pyridine rings is 2. The second-order valence-corrected chi connectivity index (χ2v) is 11.9. The summed E-state index contributed by atoms with van der Waals surface area (Å²) >= 11 is 0. The Morgan fingerprint density at radius 1 is 1.04 bits per heavy atom. The number of nitrogens with one attached hydrogen (secondary N) is 2. The predicted molar refractivity (Wildman–Crippen MR) is 178 cm³/mol. The molecule has 2 aliphatic rings. The molecular formula is C34H36N8O5. The van der Waals surface area contributed by atoms with Crippen LogP contribution >= 0.6 is 0 Å². The fourth-order valence-electron chi connectivity index (χ4n) is 5.93. The first-order valence-electron chi connectivity index (χ1n) is 15.3. The molecule has 13 heteroatoms. The van der Waals surface area contributed by atoms with Crippen molar-refractivity contribution in [3.05, 3.63) is 78.1 Å². The quantitative estimate of drug-likeness (QED) is 0.290. The number of hydrogen-bond acceptors (Lipinski definition) is 8. The Hall–Kier alpha value is -5.72. The van der Waals surface area contributed by atoms with Crippen molar-refractivity contribution in [2.24, 2.45) is 13.0 Å². The van der Waals surface area contributed by atoms with Gasteiger partial charge in [0.15, 0.2) is 5.76 Å². The van der Waals surface area contributed by atoms with Gasteiger partial charge < -0.3 is 34.6 Å². The van der Waals surface area contributed by atoms with E-state index in [4.69, 9.17) is 4.74 Å². The average Bonchev–Trinajstić information content (AvgIpc) is 3.55. The number of hydrogen-bond donors (Lipinski definition) is 2. The largest absolute Gasteiger partial charge is 0.452 e. The Labute approximate surface area is 271 Å². The van der Waals surface area contributed by atoms with E-state index in [1.165, 1.54) is 16.0 Å². The number of aromatic nitrogens is 3. The smallest absolute Gasteiger partial charge is 0.323 e. The first-order chi connectivity index (χ1) is 22.6. The lowest BCUT2D eigenvalue weighted by Gasteiger charge is -2.35. The van der Waals surface area contributed by atoms with Crippen molar-refractivity contribution < 1.29 is 23.9 Å². The third-order valence-electron chi connectivity index (χ3n) is 8.43. The molecule has 0 saturated carbocycles. The van der Waals surface area contributed by atoms with E-state index < -0.39 is 6.03 Å². The molecule has 4 aromatic rings. The van der Waals surface area contributed by atoms with E-state index in [0.29, 0.717) is 48.6 Å². The zero-order valence-electron chi connectivity index (χ0n) is 26.7. The predicted octanol–water partition coefficient (Wildman–Crippen LogP) is 3.99. The molecule has 5 heterocycles. The van der Waals surface area contributed by atoms with Gasteiger partial charge in [0.1, 0.15) is 11.4 Å². The van der Waals surface area contributed by atoms with Crippen LogP contribution in [0.3, 0.4) is 0 Å². The van der Waals surface area contributed by atoms with Crippen LogP contribution in [-0.4, -0.2) is 88.7 Å². The summed E-state index contributed by atoms with van der Waals surface area (Å²) in [7, 11) is 6.93. The Morgan fingerprint density at radius 3 is 2.53 bits per heavy atom. The molecule has 13 nitrogen and oxygen atoms in total. The number of allylic oxidation sites excluding steroid dienone is 1. The number of carbonyl (C=O) groups excluding carboxylic acids is 4. The summed E-state index contributed by atoms with van der Waals surface area (Å²) < 4.78 is 7.90. The topological polar surface area (TPSA) is 142 Å². The molecule has 0 bridgehead atoms. The molecule has 0 atom stereocenters. The van der Waals surface area contributed by atoms with Gasteiger partial charge in [-0.2, -0.15) is 0 Å². The van der Waals surface area contributed by atoms with Gasteiger partial charge in [0.05, 0.1) is 24.0 Å². The molecule has 2 aliphatic heterocycles. The van der Waals surface area contributed by atoms with Gasteiger partial charge >= 0.3 is 6.03 Å². The maximum Gasteiger partial charge on any atom is 0.323 e. The van der Waals surface area contributed by atoms with E-state index in [1.807, 2.05) is 23.9 Å². The molecule has 47 heavy (non-hydrogen) atoms. The minimum Gasteiger partial charge on any atom is -0.452 e. The van der Waals surface area contributed by atoms with Gasteiger partial charge in [0.25, 0.3) is 0 Å². The van der Waals surface area contributed by atoms with Gasteiger partial charge in [0.2, 0.25) is 17.6 Å². The van der Waals surface area contributed by atoms with Crippen LogP contribution in [0.2, 0.25) is 0 Å². The molecule has 6 rings (SSSR count). The van der Waals surface area contributed by atoms with Crippen LogP contribution in [0.4, 0.5) is 21.9 Å². The molecule has 0 unspecified atom stereocenters. The lowest BCUT2D eigenvalue weighted by atomic mass is 9.94. The number of urea groups is 1. The Balaban J connectivity index is 1.18. The van der Waals surface area contributed by atoms with Crippen LogP contribution in [0, 0.1) is 5.92 Å². The number of benzene rings is 1. The van der Waals surface area contributed by atoms with E-state index in [0.717, 1.165) is 22.3 Å². The van der Waals surface area contributed by atoms with Crippen molar-refractivity contribution in [2.75, 3.05) is 56.3 Å². The van der Waals surface area contributed by atoms with Crippen molar-refractivity contribution in [1.82, 2.24) is 24.3 Å². The fourth-order valence-corrected chi connectivity index (χ4v) is 5.93. The van der Waals surface area contributed by atoms with Crippen LogP contribution < -0.4 is 20.3 Å². The fraction of sp³-hybridized carbons (Fsp3) is 0.294. The molecule has 0 spiro atoms. The summed E-state index contributed by atoms with van der Waals surface area (Å²) in [6.45, 7) is 1.37. The first kappa shape index (κ1) is 31.3. The lowest BCUT2D eigenvalue weighted by molar-refractivity contribution is -0.141. The van der Waals surface area contributed by atoms with Gasteiger partial charge in [-0.05, 0) is 55.3 Å². The molecule has 2 N–H and O–H groups in total. The summed E-state index contributed by atoms with van der Waals surface area (Å²) in [6, 6.07) is 9.85. The van der Waals surface area contributed by atoms with Gasteiger partial charge in [-0.15, -0.1) is 0 Å². The summed E-state index contributed by atoms with van der Waals surface area (Å²) in [5.41, 5.74) is 3.81. The number of ether oxygens (including phenoxy) is 1. The number of amides is 4. The number of nitrogens with zero attached hydrogens (tertiary/aromatic N) is 6. The van der Waals surface area contributed by atoms with E-state index in [-0.39, 0.29) is 35.8 Å². The van der Waals surface area contributed by atoms with Gasteiger partial charge in [-0.25, -0.2) is 9.78 Å². The molecule has 242 valence electrons. The third kappa shape index (κ3) is 6.50. The van der Waals surface area contributed by atoms with Crippen LogP contribution in [0.1, 0.15) is 28.8 Å². The number of ketones is 1. The zero-order chi connectivity index (χ0) is 33.2. The molecular weight excluding hydrogens is 600 g/mol. The Morgan fingerprint density at radius 2 is 1.81 bits per heavy atom. The molecule has 3 aromatic heterocycles. The number of likely N-dealkylation sites (N-methyl/N-ethyl adjacent to an activating group) is 2. The standard InChI is InChI=1S/C34H36N8O5/c1-39(2)29(43)20-41(4)33(45)21-10-14-42(15-11-21)26-9-13-36-32-30(26)22(19-40(32)3)16-28-31(44)25-17-23(7-8-27(25)47-28)37-34(46)38-24-6-5-12-35-18-24/h5-9,12-13,16-19,21H,10-11,14-15,20H2,1-4H3,(H2,37,38,46)/b28-16-. The van der Waals surface area contributed by atoms with Crippen molar-refractivity contribution in [3.63, 3.8) is 0 Å². The highest BCUT2D eigenvalue weighted by Crippen LogP contribution is 2.37. The third-order valence-corrected chi connectivity index (χ3v) is 8.43. The van der Waals surface area contributed by atoms with Crippen molar-refractivity contribution in [2.45, 2.75) is 12.8 Å². The van der Waals surface area contributed by atoms with Gasteiger partial charge in [-0.3, -0.25) is 19.4 Å². The Bertz CT molecular complexity index is 1890. The Kier molecular flexibility index (Phi) is 8.61. The second-order valence-electron chi connectivity index (χ2n) is 11.9. The maximum absolute atomic E-state index is 13.5. The van der Waals surface area contributed by atoms with Gasteiger partial charge in [-0.1, -0.05) is 0 Å². The lowest BCUT2D eigenvalue weighted by Crippen LogP contribution is -2.44. The normalized spacial score (nSPS) is 15.4. The van der Waals surface area contributed by atoms with Crippen molar-refractivity contribution >= 4 is 57.8 Å². The van der Waals surface area contributed by atoms with Crippen LogP contribution in [0.15, 0.2) is 66.9 Å². The van der Waals surface area contributed by atoms with E-state index in [2.05, 4.69) is 25.5 Å². The number of anilines is 3. The molecule has 4 amide bonds. The summed E-state index contributed by atoms with van der Waals surface area (Å²) in [5.74, 6) is -0.0216. The second kappa shape index (κ2) is 12.9. The number of aryl methyl sites for hydroxylation is 1. The minimum atomic E-state index is -0.462. The van der Waals surface area contributed by atoms with E-state index in [9.17, 15) is 19.2 Å². The van der Waals surface area contributed by atoms with Crippen molar-refractivity contribution in [3.8, 4) is 5.75 Å². The number of Topliss-reactive ketones (excluding diaryl/α,β-unsaturated/α-hetero) is 1. The zero-order valence-corrected chi connectivity index (χ0v) is 26.7. The van der Waals surface area contributed by atoms with Crippen LogP contribution in [0.25, 0.3) is 17.1 Å². The summed E-state index contributed by atoms with van der Waals surface area (Å²) in [4.78, 5) is 65.0. The molecule has 1 fully saturated rings. The minimum absolute atomic E-state index is 0.0196. The van der Waals surface area contributed by atoms with Crippen LogP contribution in [-0.2, 0) is 16.6 Å². The number of fused-ring (bicyclic) bond motifs is 2. The van der Waals surface area contributed by atoms with E-state index >= 15 is 0 Å². The maximum atomic E-state index is 13.5. The number of rotatable bonds is 7. The highest BCUT2D eigenvalue weighted by Gasteiger charge is 2.31. The number of carbonyl (C=O) groups is 4. The average molecular weight is 637 g/mol.